The molecule has 138 valence electrons. The Hall–Kier alpha value is -1.53. The van der Waals surface area contributed by atoms with E-state index in [0.717, 1.165) is 17.0 Å². The van der Waals surface area contributed by atoms with Gasteiger partial charge in [-0.3, -0.25) is 14.5 Å². The molecule has 0 spiro atoms. The van der Waals surface area contributed by atoms with Gasteiger partial charge in [-0.25, -0.2) is 0 Å². The molecule has 1 aromatic rings. The molecule has 0 bridgehead atoms. The van der Waals surface area contributed by atoms with E-state index in [0.29, 0.717) is 5.92 Å². The number of rotatable bonds is 7. The number of anilines is 1. The maximum atomic E-state index is 12.2. The second kappa shape index (κ2) is 9.82. The zero-order chi connectivity index (χ0) is 18.2. The lowest BCUT2D eigenvalue weighted by Gasteiger charge is -2.30. The largest absolute Gasteiger partial charge is 0.352 e. The number of thioether (sulfide) groups is 1. The minimum atomic E-state index is -0.108. The number of amides is 2. The molecule has 2 N–H and O–H groups in total. The van der Waals surface area contributed by atoms with E-state index >= 15 is 0 Å². The van der Waals surface area contributed by atoms with Crippen LogP contribution in [-0.2, 0) is 9.59 Å². The van der Waals surface area contributed by atoms with Crippen LogP contribution in [-0.4, -0.2) is 49.1 Å². The Morgan fingerprint density at radius 2 is 1.84 bits per heavy atom. The SMILES string of the molecule is CSc1ccccc1NC(=O)CN(C)CC(=O)N[C@H]1CCCC[C@@H]1C. The molecule has 1 aromatic carbocycles. The van der Waals surface area contributed by atoms with Gasteiger partial charge in [-0.15, -0.1) is 11.8 Å². The van der Waals surface area contributed by atoms with Gasteiger partial charge in [-0.2, -0.15) is 0 Å². The first kappa shape index (κ1) is 19.8. The summed E-state index contributed by atoms with van der Waals surface area (Å²) in [6, 6.07) is 7.99. The third-order valence-corrected chi connectivity index (χ3v) is 5.46. The van der Waals surface area contributed by atoms with Crippen LogP contribution in [0, 0.1) is 5.92 Å². The fourth-order valence-electron chi connectivity index (χ4n) is 3.27. The van der Waals surface area contributed by atoms with Gasteiger partial charge >= 0.3 is 0 Å². The van der Waals surface area contributed by atoms with Gasteiger partial charge in [0.25, 0.3) is 0 Å². The first-order valence-corrected chi connectivity index (χ1v) is 10.1. The minimum Gasteiger partial charge on any atom is -0.352 e. The number of hydrogen-bond donors (Lipinski definition) is 2. The first-order valence-electron chi connectivity index (χ1n) is 8.90. The summed E-state index contributed by atoms with van der Waals surface area (Å²) in [6.45, 7) is 2.63. The van der Waals surface area contributed by atoms with E-state index in [-0.39, 0.29) is 30.9 Å². The fourth-order valence-corrected chi connectivity index (χ4v) is 3.82. The van der Waals surface area contributed by atoms with Gasteiger partial charge in [0, 0.05) is 10.9 Å². The van der Waals surface area contributed by atoms with Crippen molar-refractivity contribution < 1.29 is 9.59 Å². The summed E-state index contributed by atoms with van der Waals surface area (Å²) in [6.07, 6.45) is 6.65. The summed E-state index contributed by atoms with van der Waals surface area (Å²) in [5.41, 5.74) is 0.814. The second-order valence-electron chi connectivity index (χ2n) is 6.86. The molecule has 25 heavy (non-hydrogen) atoms. The monoisotopic (exact) mass is 363 g/mol. The van der Waals surface area contributed by atoms with Gasteiger partial charge in [-0.05, 0) is 44.2 Å². The Morgan fingerprint density at radius 3 is 2.56 bits per heavy atom. The van der Waals surface area contributed by atoms with Crippen LogP contribution in [0.2, 0.25) is 0 Å². The smallest absolute Gasteiger partial charge is 0.238 e. The van der Waals surface area contributed by atoms with Gasteiger partial charge in [0.1, 0.15) is 0 Å². The normalized spacial score (nSPS) is 20.3. The van der Waals surface area contributed by atoms with E-state index in [9.17, 15) is 9.59 Å². The number of benzene rings is 1. The predicted octanol–water partition coefficient (Wildman–Crippen LogP) is 2.97. The molecular weight excluding hydrogens is 334 g/mol. The van der Waals surface area contributed by atoms with Gasteiger partial charge in [0.2, 0.25) is 11.8 Å². The molecular formula is C19H29N3O2S. The molecule has 0 heterocycles. The Balaban J connectivity index is 1.77. The number of carbonyl (C=O) groups excluding carboxylic acids is 2. The highest BCUT2D eigenvalue weighted by Gasteiger charge is 2.23. The van der Waals surface area contributed by atoms with Crippen molar-refractivity contribution in [3.05, 3.63) is 24.3 Å². The molecule has 2 atom stereocenters. The van der Waals surface area contributed by atoms with Crippen LogP contribution in [0.1, 0.15) is 32.6 Å². The highest BCUT2D eigenvalue weighted by Crippen LogP contribution is 2.25. The Morgan fingerprint density at radius 1 is 1.16 bits per heavy atom. The second-order valence-corrected chi connectivity index (χ2v) is 7.70. The van der Waals surface area contributed by atoms with Crippen molar-refractivity contribution in [3.63, 3.8) is 0 Å². The van der Waals surface area contributed by atoms with Crippen LogP contribution in [0.15, 0.2) is 29.2 Å². The molecule has 0 aliphatic heterocycles. The molecule has 0 unspecified atom stereocenters. The van der Waals surface area contributed by atoms with Crippen molar-refractivity contribution in [2.45, 2.75) is 43.5 Å². The predicted molar refractivity (Wildman–Crippen MR) is 104 cm³/mol. The van der Waals surface area contributed by atoms with Crippen molar-refractivity contribution in [2.75, 3.05) is 31.7 Å². The van der Waals surface area contributed by atoms with E-state index in [2.05, 4.69) is 17.6 Å². The summed E-state index contributed by atoms with van der Waals surface area (Å²) >= 11 is 1.59. The van der Waals surface area contributed by atoms with Crippen LogP contribution < -0.4 is 10.6 Å². The molecule has 1 saturated carbocycles. The number of carbonyl (C=O) groups is 2. The number of hydrogen-bond acceptors (Lipinski definition) is 4. The number of likely N-dealkylation sites (N-methyl/N-ethyl adjacent to an activating group) is 1. The first-order chi connectivity index (χ1) is 12.0. The topological polar surface area (TPSA) is 61.4 Å². The van der Waals surface area contributed by atoms with Crippen molar-refractivity contribution in [1.82, 2.24) is 10.2 Å². The van der Waals surface area contributed by atoms with Crippen molar-refractivity contribution in [2.24, 2.45) is 5.92 Å². The molecule has 0 radical (unpaired) electrons. The van der Waals surface area contributed by atoms with Crippen LogP contribution in [0.4, 0.5) is 5.69 Å². The van der Waals surface area contributed by atoms with Crippen LogP contribution in [0.3, 0.4) is 0 Å². The molecule has 0 saturated heterocycles. The van der Waals surface area contributed by atoms with Gasteiger partial charge in [-0.1, -0.05) is 31.9 Å². The molecule has 1 fully saturated rings. The molecule has 1 aliphatic carbocycles. The lowest BCUT2D eigenvalue weighted by molar-refractivity contribution is -0.124. The zero-order valence-electron chi connectivity index (χ0n) is 15.4. The average Bonchev–Trinajstić information content (AvgIpc) is 2.57. The molecule has 2 amide bonds. The molecule has 2 rings (SSSR count). The van der Waals surface area contributed by atoms with Crippen LogP contribution in [0.5, 0.6) is 0 Å². The number of nitrogens with one attached hydrogen (secondary N) is 2. The van der Waals surface area contributed by atoms with E-state index < -0.39 is 0 Å². The standard InChI is InChI=1S/C19H29N3O2S/c1-14-8-4-5-9-15(14)20-18(23)12-22(2)13-19(24)21-16-10-6-7-11-17(16)25-3/h6-7,10-11,14-15H,4-5,8-9,12-13H2,1-3H3,(H,20,23)(H,21,24)/t14-,15-/m0/s1. The lowest BCUT2D eigenvalue weighted by Crippen LogP contribution is -2.46. The minimum absolute atomic E-state index is 0.00133. The number of para-hydroxylation sites is 1. The maximum Gasteiger partial charge on any atom is 0.238 e. The van der Waals surface area contributed by atoms with Crippen LogP contribution in [0.25, 0.3) is 0 Å². The maximum absolute atomic E-state index is 12.2. The molecule has 5 nitrogen and oxygen atoms in total. The Bertz CT molecular complexity index is 594. The summed E-state index contributed by atoms with van der Waals surface area (Å²) in [5.74, 6) is 0.427. The van der Waals surface area contributed by atoms with E-state index in [4.69, 9.17) is 0 Å². The van der Waals surface area contributed by atoms with Crippen molar-refractivity contribution in [1.29, 1.82) is 0 Å². The summed E-state index contributed by atoms with van der Waals surface area (Å²) in [7, 11) is 1.80. The third-order valence-electron chi connectivity index (χ3n) is 4.67. The van der Waals surface area contributed by atoms with Gasteiger partial charge in [0.15, 0.2) is 0 Å². The van der Waals surface area contributed by atoms with Crippen molar-refractivity contribution >= 4 is 29.3 Å². The van der Waals surface area contributed by atoms with Gasteiger partial charge < -0.3 is 10.6 Å². The molecule has 1 aliphatic rings. The number of nitrogens with zero attached hydrogens (tertiary/aromatic N) is 1. The van der Waals surface area contributed by atoms with Crippen LogP contribution >= 0.6 is 11.8 Å². The molecule has 0 aromatic heterocycles. The summed E-state index contributed by atoms with van der Waals surface area (Å²) in [5, 5.41) is 6.05. The lowest BCUT2D eigenvalue weighted by atomic mass is 9.86. The summed E-state index contributed by atoms with van der Waals surface area (Å²) in [4.78, 5) is 27.2. The highest BCUT2D eigenvalue weighted by molar-refractivity contribution is 7.98. The zero-order valence-corrected chi connectivity index (χ0v) is 16.2. The van der Waals surface area contributed by atoms with Gasteiger partial charge in [0.05, 0.1) is 18.8 Å². The Kier molecular flexibility index (Phi) is 7.78. The van der Waals surface area contributed by atoms with Crippen molar-refractivity contribution in [3.8, 4) is 0 Å². The fraction of sp³-hybridized carbons (Fsp3) is 0.579. The Labute approximate surface area is 154 Å². The van der Waals surface area contributed by atoms with E-state index in [1.807, 2.05) is 30.5 Å². The van der Waals surface area contributed by atoms with E-state index in [1.165, 1.54) is 19.3 Å². The third kappa shape index (κ3) is 6.36. The highest BCUT2D eigenvalue weighted by atomic mass is 32.2. The average molecular weight is 364 g/mol. The quantitative estimate of drug-likeness (QED) is 0.731. The van der Waals surface area contributed by atoms with E-state index in [1.54, 1.807) is 23.7 Å². The summed E-state index contributed by atoms with van der Waals surface area (Å²) < 4.78 is 0. The molecule has 6 heteroatoms.